The van der Waals surface area contributed by atoms with E-state index in [9.17, 15) is 9.59 Å². The molecule has 2 saturated heterocycles. The topological polar surface area (TPSA) is 68.4 Å². The SMILES string of the molecule is CC(C)CC1NC(=O)C2(CCN(Cc3ccccc3)CC2)N(CCc2c[nH]c3ccccc23)C1=O. The predicted molar refractivity (Wildman–Crippen MR) is 139 cm³/mol. The molecule has 1 atom stereocenters. The number of aromatic amines is 1. The molecule has 1 spiro atoms. The van der Waals surface area contributed by atoms with E-state index in [0.29, 0.717) is 31.7 Å². The summed E-state index contributed by atoms with van der Waals surface area (Å²) in [5.74, 6) is 0.442. The van der Waals surface area contributed by atoms with Crippen LogP contribution in [0.3, 0.4) is 0 Å². The second kappa shape index (κ2) is 9.86. The second-order valence-corrected chi connectivity index (χ2v) is 10.5. The Morgan fingerprint density at radius 3 is 2.46 bits per heavy atom. The van der Waals surface area contributed by atoms with Gasteiger partial charge in [0.2, 0.25) is 11.8 Å². The molecule has 5 rings (SSSR count). The fraction of sp³-hybridized carbons (Fsp3) is 0.448. The van der Waals surface area contributed by atoms with Gasteiger partial charge in [-0.15, -0.1) is 0 Å². The third-order valence-electron chi connectivity index (χ3n) is 7.73. The highest BCUT2D eigenvalue weighted by atomic mass is 16.2. The summed E-state index contributed by atoms with van der Waals surface area (Å²) in [4.78, 5) is 35.1. The van der Waals surface area contributed by atoms with Crippen molar-refractivity contribution in [2.75, 3.05) is 19.6 Å². The van der Waals surface area contributed by atoms with Gasteiger partial charge in [-0.2, -0.15) is 0 Å². The van der Waals surface area contributed by atoms with Crippen molar-refractivity contribution >= 4 is 22.7 Å². The van der Waals surface area contributed by atoms with Gasteiger partial charge in [0, 0.05) is 43.3 Å². The smallest absolute Gasteiger partial charge is 0.246 e. The van der Waals surface area contributed by atoms with Gasteiger partial charge < -0.3 is 15.2 Å². The zero-order valence-corrected chi connectivity index (χ0v) is 20.8. The summed E-state index contributed by atoms with van der Waals surface area (Å²) in [6.07, 6.45) is 4.77. The van der Waals surface area contributed by atoms with Crippen LogP contribution in [0.2, 0.25) is 0 Å². The minimum Gasteiger partial charge on any atom is -0.361 e. The fourth-order valence-electron chi connectivity index (χ4n) is 5.82. The molecule has 0 bridgehead atoms. The van der Waals surface area contributed by atoms with E-state index in [0.717, 1.165) is 31.6 Å². The van der Waals surface area contributed by atoms with Crippen molar-refractivity contribution in [3.8, 4) is 0 Å². The molecule has 2 aliphatic heterocycles. The lowest BCUT2D eigenvalue weighted by Gasteiger charge is -2.52. The maximum Gasteiger partial charge on any atom is 0.246 e. The number of likely N-dealkylation sites (tertiary alicyclic amines) is 1. The monoisotopic (exact) mass is 472 g/mol. The number of rotatable bonds is 7. The van der Waals surface area contributed by atoms with E-state index in [1.54, 1.807) is 0 Å². The number of amides is 2. The van der Waals surface area contributed by atoms with Gasteiger partial charge in [0.15, 0.2) is 0 Å². The summed E-state index contributed by atoms with van der Waals surface area (Å²) in [7, 11) is 0. The quantitative estimate of drug-likeness (QED) is 0.544. The number of aromatic nitrogens is 1. The van der Waals surface area contributed by atoms with Gasteiger partial charge in [-0.25, -0.2) is 0 Å². The molecule has 3 heterocycles. The molecule has 3 aromatic rings. The third kappa shape index (κ3) is 4.72. The Kier molecular flexibility index (Phi) is 6.65. The van der Waals surface area contributed by atoms with Gasteiger partial charge in [0.25, 0.3) is 0 Å². The Bertz CT molecular complexity index is 1180. The van der Waals surface area contributed by atoms with Gasteiger partial charge in [-0.3, -0.25) is 14.5 Å². The molecule has 2 N–H and O–H groups in total. The molecular formula is C29H36N4O2. The van der Waals surface area contributed by atoms with Crippen LogP contribution in [0.5, 0.6) is 0 Å². The fourth-order valence-corrected chi connectivity index (χ4v) is 5.82. The predicted octanol–water partition coefficient (Wildman–Crippen LogP) is 4.12. The number of benzene rings is 2. The number of hydrogen-bond donors (Lipinski definition) is 2. The molecule has 6 nitrogen and oxygen atoms in total. The molecule has 0 radical (unpaired) electrons. The highest BCUT2D eigenvalue weighted by Crippen LogP contribution is 2.35. The first-order chi connectivity index (χ1) is 17.0. The first-order valence-electron chi connectivity index (χ1n) is 12.9. The first kappa shape index (κ1) is 23.6. The summed E-state index contributed by atoms with van der Waals surface area (Å²) in [6, 6.07) is 18.3. The third-order valence-corrected chi connectivity index (χ3v) is 7.73. The van der Waals surface area contributed by atoms with Crippen LogP contribution in [-0.2, 0) is 22.6 Å². The summed E-state index contributed by atoms with van der Waals surface area (Å²) in [6.45, 7) is 7.23. The number of fused-ring (bicyclic) bond motifs is 1. The van der Waals surface area contributed by atoms with Crippen LogP contribution in [0.1, 0.15) is 44.2 Å². The lowest BCUT2D eigenvalue weighted by molar-refractivity contribution is -0.161. The van der Waals surface area contributed by atoms with Crippen LogP contribution in [-0.4, -0.2) is 57.8 Å². The largest absolute Gasteiger partial charge is 0.361 e. The normalized spacial score (nSPS) is 20.7. The average molecular weight is 473 g/mol. The minimum atomic E-state index is -0.760. The maximum absolute atomic E-state index is 13.8. The van der Waals surface area contributed by atoms with Crippen molar-refractivity contribution in [1.29, 1.82) is 0 Å². The van der Waals surface area contributed by atoms with E-state index in [2.05, 4.69) is 65.4 Å². The lowest BCUT2D eigenvalue weighted by atomic mass is 9.80. The van der Waals surface area contributed by atoms with Crippen LogP contribution in [0.15, 0.2) is 60.8 Å². The van der Waals surface area contributed by atoms with Crippen molar-refractivity contribution in [2.45, 2.75) is 57.7 Å². The van der Waals surface area contributed by atoms with E-state index in [-0.39, 0.29) is 11.8 Å². The molecule has 6 heteroatoms. The second-order valence-electron chi connectivity index (χ2n) is 10.5. The molecule has 0 saturated carbocycles. The van der Waals surface area contributed by atoms with Crippen LogP contribution < -0.4 is 5.32 Å². The van der Waals surface area contributed by atoms with E-state index in [1.165, 1.54) is 16.5 Å². The Morgan fingerprint density at radius 2 is 1.71 bits per heavy atom. The van der Waals surface area contributed by atoms with Gasteiger partial charge in [0.05, 0.1) is 0 Å². The number of H-pyrrole nitrogens is 1. The highest BCUT2D eigenvalue weighted by Gasteiger charge is 2.53. The van der Waals surface area contributed by atoms with Crippen LogP contribution in [0, 0.1) is 5.92 Å². The summed E-state index contributed by atoms with van der Waals surface area (Å²) < 4.78 is 0. The van der Waals surface area contributed by atoms with Gasteiger partial charge >= 0.3 is 0 Å². The van der Waals surface area contributed by atoms with Crippen molar-refractivity contribution in [3.63, 3.8) is 0 Å². The molecule has 2 amide bonds. The van der Waals surface area contributed by atoms with E-state index in [1.807, 2.05) is 29.3 Å². The molecule has 2 fully saturated rings. The molecule has 1 unspecified atom stereocenters. The standard InChI is InChI=1S/C29H36N4O2/c1-21(2)18-26-27(34)33(15-12-23-19-30-25-11-7-6-10-24(23)25)29(28(35)31-26)13-16-32(17-14-29)20-22-8-4-3-5-9-22/h3-11,19,21,26,30H,12-18,20H2,1-2H3,(H,31,35). The Labute approximate surface area is 207 Å². The number of hydrogen-bond acceptors (Lipinski definition) is 3. The van der Waals surface area contributed by atoms with Crippen molar-refractivity contribution in [2.24, 2.45) is 5.92 Å². The molecule has 1 aromatic heterocycles. The van der Waals surface area contributed by atoms with E-state index >= 15 is 0 Å². The number of carbonyl (C=O) groups excluding carboxylic acids is 2. The zero-order valence-electron chi connectivity index (χ0n) is 20.8. The highest BCUT2D eigenvalue weighted by molar-refractivity contribution is 6.00. The van der Waals surface area contributed by atoms with E-state index < -0.39 is 11.6 Å². The number of piperidine rings is 1. The average Bonchev–Trinajstić information content (AvgIpc) is 3.27. The minimum absolute atomic E-state index is 0.0287. The molecule has 0 aliphatic carbocycles. The Morgan fingerprint density at radius 1 is 1.00 bits per heavy atom. The Hall–Kier alpha value is -3.12. The molecule has 184 valence electrons. The maximum atomic E-state index is 13.8. The number of carbonyl (C=O) groups is 2. The van der Waals surface area contributed by atoms with Crippen LogP contribution >= 0.6 is 0 Å². The molecule has 2 aromatic carbocycles. The molecule has 35 heavy (non-hydrogen) atoms. The van der Waals surface area contributed by atoms with Crippen LogP contribution in [0.4, 0.5) is 0 Å². The van der Waals surface area contributed by atoms with Gasteiger partial charge in [-0.1, -0.05) is 62.4 Å². The summed E-state index contributed by atoms with van der Waals surface area (Å²) >= 11 is 0. The van der Waals surface area contributed by atoms with Crippen LogP contribution in [0.25, 0.3) is 10.9 Å². The number of nitrogens with one attached hydrogen (secondary N) is 2. The van der Waals surface area contributed by atoms with Crippen molar-refractivity contribution in [1.82, 2.24) is 20.1 Å². The van der Waals surface area contributed by atoms with Crippen molar-refractivity contribution < 1.29 is 9.59 Å². The summed E-state index contributed by atoms with van der Waals surface area (Å²) in [5, 5.41) is 4.31. The zero-order chi connectivity index (χ0) is 24.4. The molecule has 2 aliphatic rings. The number of para-hydroxylation sites is 1. The molecular weight excluding hydrogens is 436 g/mol. The Balaban J connectivity index is 1.36. The van der Waals surface area contributed by atoms with Crippen molar-refractivity contribution in [3.05, 3.63) is 71.9 Å². The van der Waals surface area contributed by atoms with E-state index in [4.69, 9.17) is 0 Å². The number of nitrogens with zero attached hydrogens (tertiary/aromatic N) is 2. The van der Waals surface area contributed by atoms with Gasteiger partial charge in [-0.05, 0) is 48.8 Å². The lowest BCUT2D eigenvalue weighted by Crippen LogP contribution is -2.73. The summed E-state index contributed by atoms with van der Waals surface area (Å²) in [5.41, 5.74) is 2.81. The number of piperazine rings is 1. The first-order valence-corrected chi connectivity index (χ1v) is 12.9. The van der Waals surface area contributed by atoms with Gasteiger partial charge in [0.1, 0.15) is 11.6 Å².